The Kier molecular flexibility index (Phi) is 7.07. The van der Waals surface area contributed by atoms with Gasteiger partial charge < -0.3 is 9.30 Å². The molecule has 2 heterocycles. The van der Waals surface area contributed by atoms with Gasteiger partial charge in [-0.1, -0.05) is 23.9 Å². The van der Waals surface area contributed by atoms with Crippen molar-refractivity contribution < 1.29 is 18.7 Å². The van der Waals surface area contributed by atoms with Crippen LogP contribution in [0, 0.1) is 5.82 Å². The molecule has 0 spiro atoms. The van der Waals surface area contributed by atoms with Crippen molar-refractivity contribution in [3.8, 4) is 22.8 Å². The molecular formula is C24H22FN5O3S. The van der Waals surface area contributed by atoms with Crippen molar-refractivity contribution in [2.45, 2.75) is 12.1 Å². The zero-order chi connectivity index (χ0) is 24.1. The number of para-hydroxylation sites is 1. The Bertz CT molecular complexity index is 1320. The Hall–Kier alpha value is -3.92. The Labute approximate surface area is 199 Å². The SMILES string of the molecule is CCOc1ccc(-c2nnc(SCC(=O)NC(=O)c3cccn3C)n2-c2ccccc2F)cc1. The molecule has 2 aromatic carbocycles. The van der Waals surface area contributed by atoms with Gasteiger partial charge in [-0.05, 0) is 55.5 Å². The van der Waals surface area contributed by atoms with E-state index in [2.05, 4.69) is 15.5 Å². The first-order chi connectivity index (χ1) is 16.5. The van der Waals surface area contributed by atoms with Gasteiger partial charge in [-0.25, -0.2) is 4.39 Å². The molecule has 2 amide bonds. The van der Waals surface area contributed by atoms with Crippen LogP contribution in [0.2, 0.25) is 0 Å². The summed E-state index contributed by atoms with van der Waals surface area (Å²) in [6, 6.07) is 16.8. The summed E-state index contributed by atoms with van der Waals surface area (Å²) in [6.07, 6.45) is 1.72. The summed E-state index contributed by atoms with van der Waals surface area (Å²) in [5.41, 5.74) is 1.32. The fourth-order valence-electron chi connectivity index (χ4n) is 3.32. The van der Waals surface area contributed by atoms with Crippen molar-refractivity contribution in [1.82, 2.24) is 24.6 Å². The van der Waals surface area contributed by atoms with E-state index >= 15 is 0 Å². The molecule has 0 aliphatic carbocycles. The van der Waals surface area contributed by atoms with E-state index in [1.165, 1.54) is 6.07 Å². The lowest BCUT2D eigenvalue weighted by Crippen LogP contribution is -2.33. The van der Waals surface area contributed by atoms with Crippen LogP contribution < -0.4 is 10.1 Å². The highest BCUT2D eigenvalue weighted by molar-refractivity contribution is 7.99. The van der Waals surface area contributed by atoms with E-state index in [-0.39, 0.29) is 11.4 Å². The first kappa shape index (κ1) is 23.2. The molecule has 0 saturated heterocycles. The van der Waals surface area contributed by atoms with E-state index in [4.69, 9.17) is 4.74 Å². The number of carbonyl (C=O) groups excluding carboxylic acids is 2. The Morgan fingerprint density at radius 1 is 1.06 bits per heavy atom. The maximum absolute atomic E-state index is 14.7. The zero-order valence-corrected chi connectivity index (χ0v) is 19.4. The highest BCUT2D eigenvalue weighted by Gasteiger charge is 2.20. The number of hydrogen-bond acceptors (Lipinski definition) is 6. The molecule has 0 aliphatic rings. The third kappa shape index (κ3) is 5.01. The predicted octanol–water partition coefficient (Wildman–Crippen LogP) is 3.86. The molecule has 0 atom stereocenters. The van der Waals surface area contributed by atoms with Crippen molar-refractivity contribution in [3.63, 3.8) is 0 Å². The lowest BCUT2D eigenvalue weighted by atomic mass is 10.2. The van der Waals surface area contributed by atoms with Gasteiger partial charge in [0.25, 0.3) is 5.91 Å². The zero-order valence-electron chi connectivity index (χ0n) is 18.6. The topological polar surface area (TPSA) is 91.0 Å². The van der Waals surface area contributed by atoms with Crippen LogP contribution in [0.15, 0.2) is 72.0 Å². The average molecular weight is 480 g/mol. The Morgan fingerprint density at radius 3 is 2.50 bits per heavy atom. The van der Waals surface area contributed by atoms with Gasteiger partial charge >= 0.3 is 0 Å². The second kappa shape index (κ2) is 10.3. The van der Waals surface area contributed by atoms with Crippen molar-refractivity contribution in [2.24, 2.45) is 7.05 Å². The van der Waals surface area contributed by atoms with Crippen LogP contribution in [0.1, 0.15) is 17.4 Å². The maximum atomic E-state index is 14.7. The van der Waals surface area contributed by atoms with E-state index < -0.39 is 17.6 Å². The van der Waals surface area contributed by atoms with Crippen LogP contribution in [0.4, 0.5) is 4.39 Å². The quantitative estimate of drug-likeness (QED) is 0.386. The van der Waals surface area contributed by atoms with Crippen molar-refractivity contribution in [1.29, 1.82) is 0 Å². The fourth-order valence-corrected chi connectivity index (χ4v) is 4.07. The van der Waals surface area contributed by atoms with Crippen LogP contribution in [0.5, 0.6) is 5.75 Å². The third-order valence-corrected chi connectivity index (χ3v) is 5.84. The lowest BCUT2D eigenvalue weighted by molar-refractivity contribution is -0.117. The maximum Gasteiger partial charge on any atom is 0.274 e. The van der Waals surface area contributed by atoms with Gasteiger partial charge in [0.05, 0.1) is 18.0 Å². The highest BCUT2D eigenvalue weighted by atomic mass is 32.2. The van der Waals surface area contributed by atoms with Crippen molar-refractivity contribution >= 4 is 23.6 Å². The van der Waals surface area contributed by atoms with Crippen LogP contribution in [0.25, 0.3) is 17.1 Å². The smallest absolute Gasteiger partial charge is 0.274 e. The number of rotatable bonds is 8. The van der Waals surface area contributed by atoms with Crippen LogP contribution >= 0.6 is 11.8 Å². The molecule has 0 aliphatic heterocycles. The molecule has 4 rings (SSSR count). The summed E-state index contributed by atoms with van der Waals surface area (Å²) >= 11 is 1.06. The first-order valence-electron chi connectivity index (χ1n) is 10.5. The molecule has 1 N–H and O–H groups in total. The molecule has 0 bridgehead atoms. The Morgan fingerprint density at radius 2 is 1.82 bits per heavy atom. The van der Waals surface area contributed by atoms with Crippen LogP contribution in [0.3, 0.4) is 0 Å². The number of halogens is 1. The number of carbonyl (C=O) groups is 2. The summed E-state index contributed by atoms with van der Waals surface area (Å²) in [5.74, 6) is -0.440. The number of benzene rings is 2. The molecule has 0 radical (unpaired) electrons. The van der Waals surface area contributed by atoms with E-state index in [9.17, 15) is 14.0 Å². The number of thioether (sulfide) groups is 1. The van der Waals surface area contributed by atoms with Gasteiger partial charge in [0, 0.05) is 18.8 Å². The van der Waals surface area contributed by atoms with E-state index in [1.54, 1.807) is 64.8 Å². The second-order valence-corrected chi connectivity index (χ2v) is 8.16. The van der Waals surface area contributed by atoms with E-state index in [0.29, 0.717) is 34.6 Å². The predicted molar refractivity (Wildman–Crippen MR) is 127 cm³/mol. The van der Waals surface area contributed by atoms with Gasteiger partial charge in [-0.2, -0.15) is 0 Å². The van der Waals surface area contributed by atoms with Gasteiger partial charge in [0.15, 0.2) is 11.0 Å². The minimum Gasteiger partial charge on any atom is -0.494 e. The van der Waals surface area contributed by atoms with Crippen LogP contribution in [-0.2, 0) is 11.8 Å². The largest absolute Gasteiger partial charge is 0.494 e. The average Bonchev–Trinajstić information content (AvgIpc) is 3.45. The number of aromatic nitrogens is 4. The minimum atomic E-state index is -0.498. The minimum absolute atomic E-state index is 0.105. The van der Waals surface area contributed by atoms with Gasteiger partial charge in [-0.15, -0.1) is 10.2 Å². The number of imide groups is 1. The monoisotopic (exact) mass is 479 g/mol. The molecule has 0 saturated carbocycles. The van der Waals surface area contributed by atoms with Crippen LogP contribution in [-0.4, -0.2) is 43.5 Å². The summed E-state index contributed by atoms with van der Waals surface area (Å²) in [5, 5.41) is 11.1. The molecule has 10 heteroatoms. The normalized spacial score (nSPS) is 10.8. The van der Waals surface area contributed by atoms with E-state index in [0.717, 1.165) is 11.8 Å². The number of amides is 2. The van der Waals surface area contributed by atoms with Gasteiger partial charge in [-0.3, -0.25) is 19.5 Å². The summed E-state index contributed by atoms with van der Waals surface area (Å²) in [7, 11) is 1.72. The van der Waals surface area contributed by atoms with Gasteiger partial charge in [0.1, 0.15) is 17.3 Å². The number of aryl methyl sites for hydroxylation is 1. The molecule has 0 fully saturated rings. The highest BCUT2D eigenvalue weighted by Crippen LogP contribution is 2.30. The number of nitrogens with zero attached hydrogens (tertiary/aromatic N) is 4. The van der Waals surface area contributed by atoms with Gasteiger partial charge in [0.2, 0.25) is 5.91 Å². The molecule has 2 aromatic heterocycles. The summed E-state index contributed by atoms with van der Waals surface area (Å²) < 4.78 is 23.4. The number of nitrogens with one attached hydrogen (secondary N) is 1. The molecule has 174 valence electrons. The summed E-state index contributed by atoms with van der Waals surface area (Å²) in [4.78, 5) is 24.7. The lowest BCUT2D eigenvalue weighted by Gasteiger charge is -2.12. The number of hydrogen-bond donors (Lipinski definition) is 1. The first-order valence-corrected chi connectivity index (χ1v) is 11.5. The second-order valence-electron chi connectivity index (χ2n) is 7.22. The number of ether oxygens (including phenoxy) is 1. The van der Waals surface area contributed by atoms with E-state index in [1.807, 2.05) is 19.1 Å². The standard InChI is InChI=1S/C24H22FN5O3S/c1-3-33-17-12-10-16(11-13-17)22-27-28-24(30(22)19-8-5-4-7-18(19)25)34-15-21(31)26-23(32)20-9-6-14-29(20)2/h4-14H,3,15H2,1-2H3,(H,26,31,32). The van der Waals surface area contributed by atoms with Crippen molar-refractivity contribution in [3.05, 3.63) is 78.4 Å². The molecular weight excluding hydrogens is 457 g/mol. The molecule has 0 unspecified atom stereocenters. The molecule has 34 heavy (non-hydrogen) atoms. The Balaban J connectivity index is 1.59. The fraction of sp³-hybridized carbons (Fsp3) is 0.167. The molecule has 8 nitrogen and oxygen atoms in total. The third-order valence-electron chi connectivity index (χ3n) is 4.91. The molecule has 4 aromatic rings. The van der Waals surface area contributed by atoms with Crippen molar-refractivity contribution in [2.75, 3.05) is 12.4 Å². The summed E-state index contributed by atoms with van der Waals surface area (Å²) in [6.45, 7) is 2.44.